The van der Waals surface area contributed by atoms with Crippen molar-refractivity contribution in [1.82, 2.24) is 10.2 Å². The van der Waals surface area contributed by atoms with Gasteiger partial charge in [0.25, 0.3) is 5.91 Å². The second-order valence-electron chi connectivity index (χ2n) is 7.23. The van der Waals surface area contributed by atoms with E-state index in [2.05, 4.69) is 12.2 Å². The minimum absolute atomic E-state index is 0.0678. The molecular weight excluding hydrogens is 360 g/mol. The topological polar surface area (TPSA) is 77.1 Å². The van der Waals surface area contributed by atoms with Gasteiger partial charge in [-0.25, -0.2) is 0 Å². The number of carbonyl (C=O) groups is 2. The van der Waals surface area contributed by atoms with Crippen molar-refractivity contribution < 1.29 is 23.8 Å². The Kier molecular flexibility index (Phi) is 7.96. The van der Waals surface area contributed by atoms with Gasteiger partial charge in [-0.3, -0.25) is 9.59 Å². The largest absolute Gasteiger partial charge is 0.493 e. The molecule has 1 aliphatic rings. The third-order valence-electron chi connectivity index (χ3n) is 5.31. The Balaban J connectivity index is 1.99. The number of amides is 2. The molecule has 2 rings (SSSR count). The van der Waals surface area contributed by atoms with Gasteiger partial charge in [0, 0.05) is 31.1 Å². The molecule has 1 aromatic rings. The maximum Gasteiger partial charge on any atom is 0.254 e. The molecule has 2 amide bonds. The molecular formula is C21H32N2O5. The van der Waals surface area contributed by atoms with Crippen LogP contribution in [0.4, 0.5) is 0 Å². The van der Waals surface area contributed by atoms with Gasteiger partial charge < -0.3 is 24.4 Å². The van der Waals surface area contributed by atoms with Crippen molar-refractivity contribution in [2.75, 3.05) is 34.4 Å². The molecule has 1 saturated heterocycles. The van der Waals surface area contributed by atoms with Crippen LogP contribution in [0.25, 0.3) is 0 Å². The predicted molar refractivity (Wildman–Crippen MR) is 107 cm³/mol. The highest BCUT2D eigenvalue weighted by Gasteiger charge is 2.27. The number of hydrogen-bond donors (Lipinski definition) is 1. The molecule has 1 fully saturated rings. The smallest absolute Gasteiger partial charge is 0.254 e. The number of benzene rings is 1. The van der Waals surface area contributed by atoms with Gasteiger partial charge in [0.1, 0.15) is 0 Å². The average molecular weight is 392 g/mol. The molecule has 1 heterocycles. The fraction of sp³-hybridized carbons (Fsp3) is 0.619. The first-order chi connectivity index (χ1) is 13.4. The lowest BCUT2D eigenvalue weighted by atomic mass is 9.92. The molecule has 7 heteroatoms. The van der Waals surface area contributed by atoms with Crippen molar-refractivity contribution in [2.24, 2.45) is 5.92 Å². The lowest BCUT2D eigenvalue weighted by Gasteiger charge is -2.32. The summed E-state index contributed by atoms with van der Waals surface area (Å²) in [6.45, 7) is 5.34. The highest BCUT2D eigenvalue weighted by Crippen LogP contribution is 2.38. The molecule has 1 atom stereocenters. The first-order valence-electron chi connectivity index (χ1n) is 9.82. The van der Waals surface area contributed by atoms with Gasteiger partial charge in [0.2, 0.25) is 11.7 Å². The van der Waals surface area contributed by atoms with E-state index in [1.54, 1.807) is 12.1 Å². The van der Waals surface area contributed by atoms with E-state index in [0.29, 0.717) is 48.2 Å². The number of methoxy groups -OCH3 is 3. The second-order valence-corrected chi connectivity index (χ2v) is 7.23. The Labute approximate surface area is 167 Å². The Morgan fingerprint density at radius 1 is 1.11 bits per heavy atom. The first kappa shape index (κ1) is 21.9. The van der Waals surface area contributed by atoms with Gasteiger partial charge in [0.05, 0.1) is 21.3 Å². The summed E-state index contributed by atoms with van der Waals surface area (Å²) < 4.78 is 16.0. The summed E-state index contributed by atoms with van der Waals surface area (Å²) in [5.74, 6) is 1.73. The zero-order valence-electron chi connectivity index (χ0n) is 17.5. The van der Waals surface area contributed by atoms with Gasteiger partial charge in [-0.15, -0.1) is 0 Å². The minimum atomic E-state index is -0.0678. The zero-order valence-corrected chi connectivity index (χ0v) is 17.5. The molecule has 0 spiro atoms. The van der Waals surface area contributed by atoms with Gasteiger partial charge in [0.15, 0.2) is 11.5 Å². The SMILES string of the molecule is CC[C@@H](C)NC(=O)CC1CCN(C(=O)c2cc(OC)c(OC)c(OC)c2)CC1. The zero-order chi connectivity index (χ0) is 20.7. The number of piperidine rings is 1. The van der Waals surface area contributed by atoms with Crippen molar-refractivity contribution >= 4 is 11.8 Å². The number of rotatable bonds is 8. The van der Waals surface area contributed by atoms with Gasteiger partial charge in [-0.1, -0.05) is 6.92 Å². The fourth-order valence-electron chi connectivity index (χ4n) is 3.43. The summed E-state index contributed by atoms with van der Waals surface area (Å²) in [5.41, 5.74) is 0.502. The third kappa shape index (κ3) is 5.30. The third-order valence-corrected chi connectivity index (χ3v) is 5.31. The second kappa shape index (κ2) is 10.2. The van der Waals surface area contributed by atoms with Crippen LogP contribution in [0, 0.1) is 5.92 Å². The summed E-state index contributed by atoms with van der Waals surface area (Å²) in [5, 5.41) is 3.01. The molecule has 1 aliphatic heterocycles. The minimum Gasteiger partial charge on any atom is -0.493 e. The molecule has 0 aromatic heterocycles. The molecule has 0 radical (unpaired) electrons. The number of ether oxygens (including phenoxy) is 3. The summed E-state index contributed by atoms with van der Waals surface area (Å²) in [7, 11) is 4.59. The van der Waals surface area contributed by atoms with Crippen LogP contribution < -0.4 is 19.5 Å². The summed E-state index contributed by atoms with van der Waals surface area (Å²) in [6.07, 6.45) is 3.10. The van der Waals surface area contributed by atoms with Gasteiger partial charge in [-0.2, -0.15) is 0 Å². The molecule has 1 N–H and O–H groups in total. The van der Waals surface area contributed by atoms with E-state index in [0.717, 1.165) is 19.3 Å². The number of likely N-dealkylation sites (tertiary alicyclic amines) is 1. The number of carbonyl (C=O) groups excluding carboxylic acids is 2. The van der Waals surface area contributed by atoms with Crippen molar-refractivity contribution in [3.8, 4) is 17.2 Å². The Morgan fingerprint density at radius 2 is 1.68 bits per heavy atom. The maximum absolute atomic E-state index is 12.9. The summed E-state index contributed by atoms with van der Waals surface area (Å²) >= 11 is 0. The normalized spacial score (nSPS) is 15.7. The number of nitrogens with zero attached hydrogens (tertiary/aromatic N) is 1. The molecule has 0 aliphatic carbocycles. The van der Waals surface area contributed by atoms with Crippen molar-refractivity contribution in [2.45, 2.75) is 45.6 Å². The molecule has 7 nitrogen and oxygen atoms in total. The average Bonchev–Trinajstić information content (AvgIpc) is 2.72. The highest BCUT2D eigenvalue weighted by molar-refractivity contribution is 5.95. The van der Waals surface area contributed by atoms with Crippen LogP contribution in [0.15, 0.2) is 12.1 Å². The number of nitrogens with one attached hydrogen (secondary N) is 1. The van der Waals surface area contributed by atoms with E-state index < -0.39 is 0 Å². The van der Waals surface area contributed by atoms with Crippen LogP contribution in [0.1, 0.15) is 49.9 Å². The van der Waals surface area contributed by atoms with E-state index in [4.69, 9.17) is 14.2 Å². The van der Waals surface area contributed by atoms with Crippen LogP contribution >= 0.6 is 0 Å². The lowest BCUT2D eigenvalue weighted by molar-refractivity contribution is -0.122. The fourth-order valence-corrected chi connectivity index (χ4v) is 3.43. The first-order valence-corrected chi connectivity index (χ1v) is 9.82. The highest BCUT2D eigenvalue weighted by atomic mass is 16.5. The molecule has 156 valence electrons. The molecule has 1 aromatic carbocycles. The molecule has 0 bridgehead atoms. The van der Waals surface area contributed by atoms with Crippen LogP contribution in [-0.4, -0.2) is 57.2 Å². The van der Waals surface area contributed by atoms with E-state index in [-0.39, 0.29) is 17.9 Å². The Bertz CT molecular complexity index is 658. The standard InChI is InChI=1S/C21H32N2O5/c1-6-14(2)22-19(24)11-15-7-9-23(10-8-15)21(25)16-12-17(26-3)20(28-5)18(13-16)27-4/h12-15H,6-11H2,1-5H3,(H,22,24)/t14-/m1/s1. The van der Waals surface area contributed by atoms with E-state index >= 15 is 0 Å². The molecule has 0 saturated carbocycles. The van der Waals surface area contributed by atoms with E-state index in [1.165, 1.54) is 21.3 Å². The quantitative estimate of drug-likeness (QED) is 0.736. The van der Waals surface area contributed by atoms with Gasteiger partial charge in [-0.05, 0) is 44.2 Å². The monoisotopic (exact) mass is 392 g/mol. The number of hydrogen-bond acceptors (Lipinski definition) is 5. The maximum atomic E-state index is 12.9. The summed E-state index contributed by atoms with van der Waals surface area (Å²) in [4.78, 5) is 26.9. The van der Waals surface area contributed by atoms with E-state index in [1.807, 2.05) is 11.8 Å². The predicted octanol–water partition coefficient (Wildman–Crippen LogP) is 2.87. The van der Waals surface area contributed by atoms with Crippen LogP contribution in [0.3, 0.4) is 0 Å². The lowest BCUT2D eigenvalue weighted by Crippen LogP contribution is -2.40. The molecule has 28 heavy (non-hydrogen) atoms. The molecule has 0 unspecified atom stereocenters. The van der Waals surface area contributed by atoms with Crippen molar-refractivity contribution in [1.29, 1.82) is 0 Å². The Morgan fingerprint density at radius 3 is 2.14 bits per heavy atom. The van der Waals surface area contributed by atoms with E-state index in [9.17, 15) is 9.59 Å². The van der Waals surface area contributed by atoms with Crippen molar-refractivity contribution in [3.63, 3.8) is 0 Å². The summed E-state index contributed by atoms with van der Waals surface area (Å²) in [6, 6.07) is 3.55. The Hall–Kier alpha value is -2.44. The van der Waals surface area contributed by atoms with Crippen LogP contribution in [-0.2, 0) is 4.79 Å². The van der Waals surface area contributed by atoms with Crippen molar-refractivity contribution in [3.05, 3.63) is 17.7 Å². The van der Waals surface area contributed by atoms with Crippen LogP contribution in [0.2, 0.25) is 0 Å². The van der Waals surface area contributed by atoms with Gasteiger partial charge >= 0.3 is 0 Å². The van der Waals surface area contributed by atoms with Crippen LogP contribution in [0.5, 0.6) is 17.2 Å².